The first kappa shape index (κ1) is 13.9. The monoisotopic (exact) mass is 265 g/mol. The van der Waals surface area contributed by atoms with Crippen LogP contribution in [0.2, 0.25) is 0 Å². The van der Waals surface area contributed by atoms with E-state index >= 15 is 0 Å². The smallest absolute Gasteiger partial charge is 0.410 e. The molecule has 2 heterocycles. The Labute approximate surface area is 114 Å². The van der Waals surface area contributed by atoms with Gasteiger partial charge in [0.25, 0.3) is 0 Å². The highest BCUT2D eigenvalue weighted by Gasteiger charge is 2.34. The summed E-state index contributed by atoms with van der Waals surface area (Å²) in [7, 11) is 1.92. The number of likely N-dealkylation sites (tertiary alicyclic amines) is 1. The van der Waals surface area contributed by atoms with Gasteiger partial charge < -0.3 is 9.64 Å². The zero-order valence-corrected chi connectivity index (χ0v) is 12.4. The Morgan fingerprint density at radius 1 is 1.47 bits per heavy atom. The van der Waals surface area contributed by atoms with Gasteiger partial charge in [0.05, 0.1) is 12.2 Å². The second-order valence-electron chi connectivity index (χ2n) is 6.14. The van der Waals surface area contributed by atoms with Gasteiger partial charge in [-0.2, -0.15) is 5.10 Å². The third kappa shape index (κ3) is 2.91. The average molecular weight is 265 g/mol. The lowest BCUT2D eigenvalue weighted by atomic mass is 10.1. The molecule has 5 heteroatoms. The zero-order chi connectivity index (χ0) is 14.2. The van der Waals surface area contributed by atoms with Crippen LogP contribution in [-0.2, 0) is 11.8 Å². The Morgan fingerprint density at radius 3 is 2.68 bits per heavy atom. The van der Waals surface area contributed by atoms with Crippen LogP contribution in [-0.4, -0.2) is 32.9 Å². The first-order valence-electron chi connectivity index (χ1n) is 6.78. The van der Waals surface area contributed by atoms with Crippen molar-refractivity contribution in [2.45, 2.75) is 52.2 Å². The van der Waals surface area contributed by atoms with Crippen LogP contribution in [0.1, 0.15) is 50.9 Å². The number of carbonyl (C=O) groups excluding carboxylic acids is 1. The summed E-state index contributed by atoms with van der Waals surface area (Å²) in [4.78, 5) is 14.1. The fourth-order valence-corrected chi connectivity index (χ4v) is 2.47. The van der Waals surface area contributed by atoms with Gasteiger partial charge in [-0.3, -0.25) is 4.68 Å². The van der Waals surface area contributed by atoms with Crippen molar-refractivity contribution in [2.24, 2.45) is 7.05 Å². The minimum absolute atomic E-state index is 0.101. The lowest BCUT2D eigenvalue weighted by molar-refractivity contribution is 0.0224. The highest BCUT2D eigenvalue weighted by Crippen LogP contribution is 2.34. The predicted molar refractivity (Wildman–Crippen MR) is 72.9 cm³/mol. The Hall–Kier alpha value is -1.52. The van der Waals surface area contributed by atoms with Gasteiger partial charge in [-0.15, -0.1) is 0 Å². The van der Waals surface area contributed by atoms with Crippen LogP contribution in [0.15, 0.2) is 6.20 Å². The van der Waals surface area contributed by atoms with Gasteiger partial charge in [-0.1, -0.05) is 0 Å². The highest BCUT2D eigenvalue weighted by atomic mass is 16.6. The van der Waals surface area contributed by atoms with E-state index in [2.05, 4.69) is 5.10 Å². The van der Waals surface area contributed by atoms with Crippen LogP contribution in [0.5, 0.6) is 0 Å². The maximum absolute atomic E-state index is 12.2. The molecule has 1 unspecified atom stereocenters. The number of aromatic nitrogens is 2. The van der Waals surface area contributed by atoms with E-state index in [-0.39, 0.29) is 12.1 Å². The molecule has 1 aromatic heterocycles. The van der Waals surface area contributed by atoms with E-state index in [1.165, 1.54) is 0 Å². The Morgan fingerprint density at radius 2 is 2.16 bits per heavy atom. The van der Waals surface area contributed by atoms with Crippen molar-refractivity contribution >= 4 is 6.09 Å². The molecule has 0 aliphatic carbocycles. The second-order valence-corrected chi connectivity index (χ2v) is 6.14. The first-order valence-corrected chi connectivity index (χ1v) is 6.78. The first-order chi connectivity index (χ1) is 8.79. The molecule has 1 fully saturated rings. The molecular weight excluding hydrogens is 242 g/mol. The number of hydrogen-bond acceptors (Lipinski definition) is 3. The highest BCUT2D eigenvalue weighted by molar-refractivity contribution is 5.69. The lowest BCUT2D eigenvalue weighted by Gasteiger charge is -2.28. The predicted octanol–water partition coefficient (Wildman–Crippen LogP) is 2.80. The number of hydrogen-bond donors (Lipinski definition) is 0. The molecule has 1 saturated heterocycles. The van der Waals surface area contributed by atoms with E-state index in [1.54, 1.807) is 0 Å². The molecule has 5 nitrogen and oxygen atoms in total. The molecule has 0 aromatic carbocycles. The van der Waals surface area contributed by atoms with Gasteiger partial charge in [0, 0.05) is 24.8 Å². The fourth-order valence-electron chi connectivity index (χ4n) is 2.47. The van der Waals surface area contributed by atoms with Gasteiger partial charge in [0.2, 0.25) is 0 Å². The standard InChI is InChI=1S/C14H23N3O2/c1-10-11(9-15-16(10)5)12-7-6-8-17(12)13(18)19-14(2,3)4/h9,12H,6-8H2,1-5H3. The maximum atomic E-state index is 12.2. The van der Waals surface area contributed by atoms with Gasteiger partial charge in [-0.05, 0) is 40.5 Å². The van der Waals surface area contributed by atoms with Crippen LogP contribution < -0.4 is 0 Å². The quantitative estimate of drug-likeness (QED) is 0.784. The van der Waals surface area contributed by atoms with Crippen LogP contribution >= 0.6 is 0 Å². The van der Waals surface area contributed by atoms with Crippen LogP contribution in [0.25, 0.3) is 0 Å². The number of aryl methyl sites for hydroxylation is 1. The average Bonchev–Trinajstić information content (AvgIpc) is 2.85. The molecule has 106 valence electrons. The molecule has 1 atom stereocenters. The summed E-state index contributed by atoms with van der Waals surface area (Å²) in [6.45, 7) is 8.48. The van der Waals surface area contributed by atoms with Crippen LogP contribution in [0, 0.1) is 6.92 Å². The van der Waals surface area contributed by atoms with Gasteiger partial charge >= 0.3 is 6.09 Å². The summed E-state index contributed by atoms with van der Waals surface area (Å²) in [6, 6.07) is 0.101. The van der Waals surface area contributed by atoms with Gasteiger partial charge in [0.15, 0.2) is 0 Å². The van der Waals surface area contributed by atoms with Crippen molar-refractivity contribution in [1.82, 2.24) is 14.7 Å². The molecule has 0 spiro atoms. The van der Waals surface area contributed by atoms with E-state index in [0.717, 1.165) is 30.6 Å². The zero-order valence-electron chi connectivity index (χ0n) is 12.4. The Kier molecular flexibility index (Phi) is 3.56. The van der Waals surface area contributed by atoms with Crippen molar-refractivity contribution in [2.75, 3.05) is 6.54 Å². The molecule has 0 radical (unpaired) electrons. The Bertz CT molecular complexity index is 474. The second kappa shape index (κ2) is 4.87. The molecule has 1 aliphatic rings. The summed E-state index contributed by atoms with van der Waals surface area (Å²) in [5, 5.41) is 4.27. The third-order valence-corrected chi connectivity index (χ3v) is 3.51. The number of amides is 1. The molecule has 1 aromatic rings. The van der Waals surface area contributed by atoms with Crippen LogP contribution in [0.4, 0.5) is 4.79 Å². The van der Waals surface area contributed by atoms with Crippen molar-refractivity contribution in [3.05, 3.63) is 17.5 Å². The van der Waals surface area contributed by atoms with Crippen molar-refractivity contribution < 1.29 is 9.53 Å². The third-order valence-electron chi connectivity index (χ3n) is 3.51. The number of rotatable bonds is 1. The Balaban J connectivity index is 2.17. The lowest BCUT2D eigenvalue weighted by Crippen LogP contribution is -2.36. The summed E-state index contributed by atoms with van der Waals surface area (Å²) < 4.78 is 7.33. The van der Waals surface area contributed by atoms with Crippen molar-refractivity contribution in [3.63, 3.8) is 0 Å². The minimum Gasteiger partial charge on any atom is -0.444 e. The minimum atomic E-state index is -0.450. The molecular formula is C14H23N3O2. The van der Waals surface area contributed by atoms with E-state index in [9.17, 15) is 4.79 Å². The van der Waals surface area contributed by atoms with E-state index in [1.807, 2.05) is 50.5 Å². The number of nitrogens with zero attached hydrogens (tertiary/aromatic N) is 3. The SMILES string of the molecule is Cc1c(C2CCCN2C(=O)OC(C)(C)C)cnn1C. The summed E-state index contributed by atoms with van der Waals surface area (Å²) in [5.41, 5.74) is 1.79. The molecule has 1 amide bonds. The van der Waals surface area contributed by atoms with Crippen LogP contribution in [0.3, 0.4) is 0 Å². The maximum Gasteiger partial charge on any atom is 0.410 e. The summed E-state index contributed by atoms with van der Waals surface area (Å²) in [6.07, 6.45) is 3.63. The molecule has 2 rings (SSSR count). The van der Waals surface area contributed by atoms with Gasteiger partial charge in [-0.25, -0.2) is 4.79 Å². The normalized spacial score (nSPS) is 19.8. The van der Waals surface area contributed by atoms with E-state index in [0.29, 0.717) is 0 Å². The topological polar surface area (TPSA) is 47.4 Å². The van der Waals surface area contributed by atoms with E-state index in [4.69, 9.17) is 4.74 Å². The largest absolute Gasteiger partial charge is 0.444 e. The molecule has 19 heavy (non-hydrogen) atoms. The molecule has 0 bridgehead atoms. The summed E-state index contributed by atoms with van der Waals surface area (Å²) in [5.74, 6) is 0. The van der Waals surface area contributed by atoms with Crippen molar-refractivity contribution in [1.29, 1.82) is 0 Å². The molecule has 0 N–H and O–H groups in total. The number of carbonyl (C=O) groups is 1. The molecule has 0 saturated carbocycles. The van der Waals surface area contributed by atoms with Crippen molar-refractivity contribution in [3.8, 4) is 0 Å². The summed E-state index contributed by atoms with van der Waals surface area (Å²) >= 11 is 0. The van der Waals surface area contributed by atoms with E-state index < -0.39 is 5.60 Å². The molecule has 1 aliphatic heterocycles. The fraction of sp³-hybridized carbons (Fsp3) is 0.714. The van der Waals surface area contributed by atoms with Gasteiger partial charge in [0.1, 0.15) is 5.60 Å². The number of ether oxygens (including phenoxy) is 1.